The van der Waals surface area contributed by atoms with Gasteiger partial charge in [-0.25, -0.2) is 4.68 Å². The van der Waals surface area contributed by atoms with Crippen LogP contribution in [0.1, 0.15) is 29.8 Å². The van der Waals surface area contributed by atoms with Crippen molar-refractivity contribution in [2.75, 3.05) is 6.54 Å². The van der Waals surface area contributed by atoms with Gasteiger partial charge in [-0.3, -0.25) is 9.69 Å². The summed E-state index contributed by atoms with van der Waals surface area (Å²) in [5.41, 5.74) is 4.28. The second-order valence-electron chi connectivity index (χ2n) is 5.97. The van der Waals surface area contributed by atoms with Crippen LogP contribution in [0.3, 0.4) is 0 Å². The normalized spacial score (nSPS) is 18.7. The fourth-order valence-electron chi connectivity index (χ4n) is 3.16. The molecule has 1 aliphatic rings. The van der Waals surface area contributed by atoms with Crippen LogP contribution in [0.4, 0.5) is 0 Å². The van der Waals surface area contributed by atoms with Gasteiger partial charge in [0, 0.05) is 12.2 Å². The number of aryl methyl sites for hydroxylation is 2. The molecule has 0 spiro atoms. The summed E-state index contributed by atoms with van der Waals surface area (Å²) in [4.78, 5) is 13.3. The number of aliphatic carboxylic acids is 1. The predicted octanol–water partition coefficient (Wildman–Crippen LogP) is 2.54. The lowest BCUT2D eigenvalue weighted by Crippen LogP contribution is -2.35. The summed E-state index contributed by atoms with van der Waals surface area (Å²) in [7, 11) is 0. The van der Waals surface area contributed by atoms with E-state index in [0.717, 1.165) is 42.0 Å². The molecular formula is C17H21N3O2. The third kappa shape index (κ3) is 2.90. The smallest absolute Gasteiger partial charge is 0.320 e. The first-order valence-corrected chi connectivity index (χ1v) is 7.64. The predicted molar refractivity (Wildman–Crippen MR) is 84.1 cm³/mol. The second-order valence-corrected chi connectivity index (χ2v) is 5.97. The Balaban J connectivity index is 1.74. The maximum atomic E-state index is 11.2. The summed E-state index contributed by atoms with van der Waals surface area (Å²) in [6, 6.07) is 9.92. The Morgan fingerprint density at radius 3 is 2.64 bits per heavy atom. The third-order valence-electron chi connectivity index (χ3n) is 4.22. The number of rotatable bonds is 4. The molecule has 1 aromatic carbocycles. The van der Waals surface area contributed by atoms with Crippen molar-refractivity contribution in [1.82, 2.24) is 14.7 Å². The minimum absolute atomic E-state index is 0.337. The number of carboxylic acids is 1. The molecule has 3 rings (SSSR count). The summed E-state index contributed by atoms with van der Waals surface area (Å²) >= 11 is 0. The van der Waals surface area contributed by atoms with Crippen molar-refractivity contribution in [3.63, 3.8) is 0 Å². The van der Waals surface area contributed by atoms with Crippen molar-refractivity contribution in [3.05, 3.63) is 47.3 Å². The van der Waals surface area contributed by atoms with E-state index in [1.807, 2.05) is 35.6 Å². The molecule has 0 aliphatic carbocycles. The molecule has 5 heteroatoms. The van der Waals surface area contributed by atoms with Crippen LogP contribution in [0.25, 0.3) is 5.69 Å². The van der Waals surface area contributed by atoms with Crippen LogP contribution < -0.4 is 0 Å². The van der Waals surface area contributed by atoms with E-state index in [1.165, 1.54) is 0 Å². The first kappa shape index (κ1) is 14.8. The van der Waals surface area contributed by atoms with Crippen LogP contribution in [0.2, 0.25) is 0 Å². The van der Waals surface area contributed by atoms with Gasteiger partial charge in [0.15, 0.2) is 0 Å². The quantitative estimate of drug-likeness (QED) is 0.942. The van der Waals surface area contributed by atoms with Crippen molar-refractivity contribution in [1.29, 1.82) is 0 Å². The number of hydrogen-bond donors (Lipinski definition) is 1. The molecule has 0 unspecified atom stereocenters. The van der Waals surface area contributed by atoms with E-state index in [9.17, 15) is 9.90 Å². The van der Waals surface area contributed by atoms with Crippen LogP contribution in [-0.4, -0.2) is 38.3 Å². The highest BCUT2D eigenvalue weighted by Crippen LogP contribution is 2.21. The molecule has 5 nitrogen and oxygen atoms in total. The van der Waals surface area contributed by atoms with E-state index in [1.54, 1.807) is 0 Å². The van der Waals surface area contributed by atoms with Gasteiger partial charge in [-0.05, 0) is 57.0 Å². The van der Waals surface area contributed by atoms with E-state index in [0.29, 0.717) is 6.54 Å². The van der Waals surface area contributed by atoms with Gasteiger partial charge in [-0.1, -0.05) is 12.1 Å². The standard InChI is InChI=1S/C17H21N3O2/c1-12-10-13(2)20(18-12)15-7-5-14(6-8-15)11-19-9-3-4-16(19)17(21)22/h5-8,10,16H,3-4,9,11H2,1-2H3,(H,21,22)/t16-/m1/s1. The van der Waals surface area contributed by atoms with Crippen LogP contribution in [0.5, 0.6) is 0 Å². The van der Waals surface area contributed by atoms with Gasteiger partial charge >= 0.3 is 5.97 Å². The van der Waals surface area contributed by atoms with E-state index in [4.69, 9.17) is 0 Å². The lowest BCUT2D eigenvalue weighted by atomic mass is 10.1. The monoisotopic (exact) mass is 299 g/mol. The van der Waals surface area contributed by atoms with Crippen molar-refractivity contribution >= 4 is 5.97 Å². The second kappa shape index (κ2) is 5.93. The first-order chi connectivity index (χ1) is 10.5. The zero-order chi connectivity index (χ0) is 15.7. The zero-order valence-electron chi connectivity index (χ0n) is 13.0. The van der Waals surface area contributed by atoms with Crippen molar-refractivity contribution in [3.8, 4) is 5.69 Å². The zero-order valence-corrected chi connectivity index (χ0v) is 13.0. The van der Waals surface area contributed by atoms with Gasteiger partial charge in [-0.2, -0.15) is 5.10 Å². The molecule has 1 aromatic heterocycles. The molecule has 0 radical (unpaired) electrons. The highest BCUT2D eigenvalue weighted by atomic mass is 16.4. The Hall–Kier alpha value is -2.14. The number of hydrogen-bond acceptors (Lipinski definition) is 3. The summed E-state index contributed by atoms with van der Waals surface area (Å²) in [6.07, 6.45) is 1.71. The molecule has 1 aliphatic heterocycles. The molecule has 1 atom stereocenters. The van der Waals surface area contributed by atoms with Gasteiger partial charge in [0.2, 0.25) is 0 Å². The molecule has 2 aromatic rings. The Morgan fingerprint density at radius 2 is 2.05 bits per heavy atom. The Morgan fingerprint density at radius 1 is 1.32 bits per heavy atom. The lowest BCUT2D eigenvalue weighted by molar-refractivity contribution is -0.142. The van der Waals surface area contributed by atoms with Crippen molar-refractivity contribution < 1.29 is 9.90 Å². The lowest BCUT2D eigenvalue weighted by Gasteiger charge is -2.21. The summed E-state index contributed by atoms with van der Waals surface area (Å²) in [5.74, 6) is -0.711. The maximum absolute atomic E-state index is 11.2. The number of aromatic nitrogens is 2. The Labute approximate surface area is 130 Å². The van der Waals surface area contributed by atoms with Gasteiger partial charge in [0.1, 0.15) is 6.04 Å². The van der Waals surface area contributed by atoms with Gasteiger partial charge in [0.25, 0.3) is 0 Å². The Bertz CT molecular complexity index is 676. The van der Waals surface area contributed by atoms with E-state index in [-0.39, 0.29) is 6.04 Å². The molecule has 1 saturated heterocycles. The van der Waals surface area contributed by atoms with Crippen LogP contribution in [0, 0.1) is 13.8 Å². The van der Waals surface area contributed by atoms with E-state index in [2.05, 4.69) is 23.3 Å². The van der Waals surface area contributed by atoms with Gasteiger partial charge in [-0.15, -0.1) is 0 Å². The maximum Gasteiger partial charge on any atom is 0.320 e. The first-order valence-electron chi connectivity index (χ1n) is 7.64. The average Bonchev–Trinajstić information content (AvgIpc) is 3.06. The summed E-state index contributed by atoms with van der Waals surface area (Å²) in [5, 5.41) is 13.7. The number of likely N-dealkylation sites (tertiary alicyclic amines) is 1. The van der Waals surface area contributed by atoms with Crippen LogP contribution in [0.15, 0.2) is 30.3 Å². The minimum atomic E-state index is -0.711. The Kier molecular flexibility index (Phi) is 3.98. The molecule has 116 valence electrons. The molecular weight excluding hydrogens is 278 g/mol. The van der Waals surface area contributed by atoms with Gasteiger partial charge in [0.05, 0.1) is 11.4 Å². The largest absolute Gasteiger partial charge is 0.480 e. The fraction of sp³-hybridized carbons (Fsp3) is 0.412. The molecule has 1 N–H and O–H groups in total. The van der Waals surface area contributed by atoms with Crippen molar-refractivity contribution in [2.24, 2.45) is 0 Å². The molecule has 0 amide bonds. The molecule has 2 heterocycles. The number of carboxylic acid groups (broad SMARTS) is 1. The molecule has 22 heavy (non-hydrogen) atoms. The molecule has 0 bridgehead atoms. The topological polar surface area (TPSA) is 58.4 Å². The summed E-state index contributed by atoms with van der Waals surface area (Å²) < 4.78 is 1.93. The highest BCUT2D eigenvalue weighted by Gasteiger charge is 2.30. The average molecular weight is 299 g/mol. The SMILES string of the molecule is Cc1cc(C)n(-c2ccc(CN3CCC[C@@H]3C(=O)O)cc2)n1. The minimum Gasteiger partial charge on any atom is -0.480 e. The fourth-order valence-corrected chi connectivity index (χ4v) is 3.16. The number of benzene rings is 1. The third-order valence-corrected chi connectivity index (χ3v) is 4.22. The molecule has 0 saturated carbocycles. The summed E-state index contributed by atoms with van der Waals surface area (Å²) in [6.45, 7) is 5.57. The van der Waals surface area contributed by atoms with E-state index < -0.39 is 5.97 Å². The van der Waals surface area contributed by atoms with Crippen LogP contribution in [-0.2, 0) is 11.3 Å². The number of nitrogens with zero attached hydrogens (tertiary/aromatic N) is 3. The van der Waals surface area contributed by atoms with Crippen molar-refractivity contribution in [2.45, 2.75) is 39.3 Å². The highest BCUT2D eigenvalue weighted by molar-refractivity contribution is 5.73. The van der Waals surface area contributed by atoms with Crippen LogP contribution >= 0.6 is 0 Å². The van der Waals surface area contributed by atoms with E-state index >= 15 is 0 Å². The van der Waals surface area contributed by atoms with Gasteiger partial charge < -0.3 is 5.11 Å². The number of carbonyl (C=O) groups is 1. The molecule has 1 fully saturated rings.